The maximum Gasteiger partial charge on any atom is 0.338 e. The number of carbonyl (C=O) groups excluding carboxylic acids is 2. The Bertz CT molecular complexity index is 959. The highest BCUT2D eigenvalue weighted by molar-refractivity contribution is 6.32. The third-order valence-electron chi connectivity index (χ3n) is 4.56. The molecule has 0 saturated heterocycles. The summed E-state index contributed by atoms with van der Waals surface area (Å²) >= 11 is 6.08. The number of carbonyl (C=O) groups is 2. The standard InChI is InChI=1S/C21H21ClN2O5/c1-12-17(20(26)29-9-8-13-6-4-3-5-7-13)18(24-21(27)23-12)14-10-15(22)19(25)16(11-14)28-2/h3-7,10-11,18,25H,8-9H2,1-2H3,(H2,23,24,27)/t18-/m0/s1. The van der Waals surface area contributed by atoms with Gasteiger partial charge in [-0.25, -0.2) is 9.59 Å². The van der Waals surface area contributed by atoms with Gasteiger partial charge in [-0.05, 0) is 30.2 Å². The monoisotopic (exact) mass is 416 g/mol. The van der Waals surface area contributed by atoms with Crippen molar-refractivity contribution in [1.29, 1.82) is 0 Å². The summed E-state index contributed by atoms with van der Waals surface area (Å²) in [6, 6.07) is 11.4. The Labute approximate surface area is 173 Å². The van der Waals surface area contributed by atoms with E-state index in [0.29, 0.717) is 17.7 Å². The zero-order valence-electron chi connectivity index (χ0n) is 16.0. The van der Waals surface area contributed by atoms with Gasteiger partial charge in [-0.15, -0.1) is 0 Å². The Balaban J connectivity index is 1.84. The number of urea groups is 1. The van der Waals surface area contributed by atoms with Crippen LogP contribution in [0.5, 0.6) is 11.5 Å². The average molecular weight is 417 g/mol. The summed E-state index contributed by atoms with van der Waals surface area (Å²) < 4.78 is 10.6. The molecule has 2 aromatic rings. The fraction of sp³-hybridized carbons (Fsp3) is 0.238. The van der Waals surface area contributed by atoms with Crippen molar-refractivity contribution < 1.29 is 24.2 Å². The number of esters is 1. The van der Waals surface area contributed by atoms with Crippen LogP contribution in [0.4, 0.5) is 4.79 Å². The van der Waals surface area contributed by atoms with Gasteiger partial charge in [0.1, 0.15) is 0 Å². The minimum absolute atomic E-state index is 0.0431. The Kier molecular flexibility index (Phi) is 6.29. The van der Waals surface area contributed by atoms with E-state index in [9.17, 15) is 14.7 Å². The molecule has 1 heterocycles. The number of hydrogen-bond donors (Lipinski definition) is 3. The molecule has 8 heteroatoms. The summed E-state index contributed by atoms with van der Waals surface area (Å²) in [5.41, 5.74) is 2.16. The van der Waals surface area contributed by atoms with E-state index in [1.165, 1.54) is 19.2 Å². The first kappa shape index (κ1) is 20.5. The number of amides is 2. The van der Waals surface area contributed by atoms with Gasteiger partial charge in [-0.1, -0.05) is 41.9 Å². The molecule has 0 radical (unpaired) electrons. The number of aromatic hydroxyl groups is 1. The van der Waals surface area contributed by atoms with Crippen LogP contribution in [-0.2, 0) is 16.0 Å². The highest BCUT2D eigenvalue weighted by Crippen LogP contribution is 2.39. The first-order valence-electron chi connectivity index (χ1n) is 8.96. The van der Waals surface area contributed by atoms with Gasteiger partial charge in [-0.2, -0.15) is 0 Å². The summed E-state index contributed by atoms with van der Waals surface area (Å²) in [6.07, 6.45) is 0.572. The minimum atomic E-state index is -0.806. The van der Waals surface area contributed by atoms with Crippen molar-refractivity contribution in [3.8, 4) is 11.5 Å². The number of halogens is 1. The van der Waals surface area contributed by atoms with Crippen molar-refractivity contribution in [3.63, 3.8) is 0 Å². The maximum atomic E-state index is 12.8. The van der Waals surface area contributed by atoms with E-state index in [-0.39, 0.29) is 28.7 Å². The summed E-state index contributed by atoms with van der Waals surface area (Å²) in [7, 11) is 1.38. The van der Waals surface area contributed by atoms with Gasteiger partial charge in [0, 0.05) is 12.1 Å². The maximum absolute atomic E-state index is 12.8. The molecule has 1 atom stereocenters. The van der Waals surface area contributed by atoms with Crippen LogP contribution in [-0.4, -0.2) is 30.8 Å². The van der Waals surface area contributed by atoms with Gasteiger partial charge in [0.05, 0.1) is 30.4 Å². The second kappa shape index (κ2) is 8.87. The molecule has 1 aliphatic rings. The molecule has 0 spiro atoms. The number of nitrogens with one attached hydrogen (secondary N) is 2. The second-order valence-corrected chi connectivity index (χ2v) is 6.90. The molecule has 2 aromatic carbocycles. The summed E-state index contributed by atoms with van der Waals surface area (Å²) in [4.78, 5) is 24.8. The number of methoxy groups -OCH3 is 1. The summed E-state index contributed by atoms with van der Waals surface area (Å²) in [5, 5.41) is 15.3. The number of hydrogen-bond acceptors (Lipinski definition) is 5. The van der Waals surface area contributed by atoms with Gasteiger partial charge in [0.25, 0.3) is 0 Å². The molecule has 29 heavy (non-hydrogen) atoms. The van der Waals surface area contributed by atoms with Crippen LogP contribution in [0, 0.1) is 0 Å². The van der Waals surface area contributed by atoms with Crippen molar-refractivity contribution in [2.45, 2.75) is 19.4 Å². The SMILES string of the molecule is COc1cc([C@@H]2NC(=O)NC(C)=C2C(=O)OCCc2ccccc2)cc(Cl)c1O. The number of rotatable bonds is 6. The van der Waals surface area contributed by atoms with Crippen molar-refractivity contribution in [1.82, 2.24) is 10.6 Å². The predicted octanol–water partition coefficient (Wildman–Crippen LogP) is 3.47. The van der Waals surface area contributed by atoms with Gasteiger partial charge < -0.3 is 25.2 Å². The predicted molar refractivity (Wildman–Crippen MR) is 108 cm³/mol. The molecule has 0 unspecified atom stereocenters. The van der Waals surface area contributed by atoms with Crippen LogP contribution in [0.25, 0.3) is 0 Å². The van der Waals surface area contributed by atoms with E-state index >= 15 is 0 Å². The molecule has 2 amide bonds. The largest absolute Gasteiger partial charge is 0.503 e. The van der Waals surface area contributed by atoms with E-state index in [1.54, 1.807) is 6.92 Å². The molecule has 0 aromatic heterocycles. The van der Waals surface area contributed by atoms with Crippen LogP contribution in [0.15, 0.2) is 53.7 Å². The lowest BCUT2D eigenvalue weighted by molar-refractivity contribution is -0.139. The molecule has 152 valence electrons. The Hall–Kier alpha value is -3.19. The van der Waals surface area contributed by atoms with E-state index in [0.717, 1.165) is 5.56 Å². The molecule has 0 aliphatic carbocycles. The van der Waals surface area contributed by atoms with Crippen LogP contribution in [0.2, 0.25) is 5.02 Å². The normalized spacial score (nSPS) is 16.1. The molecule has 1 aliphatic heterocycles. The molecular formula is C21H21ClN2O5. The van der Waals surface area contributed by atoms with E-state index in [4.69, 9.17) is 21.1 Å². The van der Waals surface area contributed by atoms with E-state index < -0.39 is 18.0 Å². The molecular weight excluding hydrogens is 396 g/mol. The van der Waals surface area contributed by atoms with Crippen molar-refractivity contribution in [2.75, 3.05) is 13.7 Å². The highest BCUT2D eigenvalue weighted by atomic mass is 35.5. The Morgan fingerprint density at radius 3 is 2.66 bits per heavy atom. The summed E-state index contributed by atoms with van der Waals surface area (Å²) in [5.74, 6) is -0.639. The van der Waals surface area contributed by atoms with E-state index in [2.05, 4.69) is 10.6 Å². The van der Waals surface area contributed by atoms with Gasteiger partial charge in [0.15, 0.2) is 11.5 Å². The van der Waals surface area contributed by atoms with Crippen molar-refractivity contribution in [2.24, 2.45) is 0 Å². The molecule has 3 N–H and O–H groups in total. The zero-order valence-corrected chi connectivity index (χ0v) is 16.7. The number of ether oxygens (including phenoxy) is 2. The quantitative estimate of drug-likeness (QED) is 0.626. The highest BCUT2D eigenvalue weighted by Gasteiger charge is 2.33. The molecule has 0 bridgehead atoms. The van der Waals surface area contributed by atoms with E-state index in [1.807, 2.05) is 30.3 Å². The molecule has 7 nitrogen and oxygen atoms in total. The Morgan fingerprint density at radius 2 is 1.97 bits per heavy atom. The fourth-order valence-electron chi connectivity index (χ4n) is 3.11. The van der Waals surface area contributed by atoms with Crippen LogP contribution >= 0.6 is 11.6 Å². The smallest absolute Gasteiger partial charge is 0.338 e. The summed E-state index contributed by atoms with van der Waals surface area (Å²) in [6.45, 7) is 1.82. The third-order valence-corrected chi connectivity index (χ3v) is 4.85. The van der Waals surface area contributed by atoms with Crippen molar-refractivity contribution >= 4 is 23.6 Å². The van der Waals surface area contributed by atoms with Gasteiger partial charge in [0.2, 0.25) is 0 Å². The van der Waals surface area contributed by atoms with Gasteiger partial charge in [-0.3, -0.25) is 0 Å². The topological polar surface area (TPSA) is 96.9 Å². The number of allylic oxidation sites excluding steroid dienone is 1. The lowest BCUT2D eigenvalue weighted by Gasteiger charge is -2.28. The zero-order chi connectivity index (χ0) is 21.0. The van der Waals surface area contributed by atoms with Crippen LogP contribution in [0.3, 0.4) is 0 Å². The lowest BCUT2D eigenvalue weighted by Crippen LogP contribution is -2.45. The minimum Gasteiger partial charge on any atom is -0.503 e. The number of benzene rings is 2. The molecule has 0 saturated carbocycles. The Morgan fingerprint density at radius 1 is 1.24 bits per heavy atom. The van der Waals surface area contributed by atoms with Gasteiger partial charge >= 0.3 is 12.0 Å². The molecule has 3 rings (SSSR count). The fourth-order valence-corrected chi connectivity index (χ4v) is 3.33. The average Bonchev–Trinajstić information content (AvgIpc) is 2.70. The number of phenols is 1. The second-order valence-electron chi connectivity index (χ2n) is 6.50. The lowest BCUT2D eigenvalue weighted by atomic mass is 9.95. The number of phenolic OH excluding ortho intramolecular Hbond substituents is 1. The first-order chi connectivity index (χ1) is 13.9. The third kappa shape index (κ3) is 4.63. The molecule has 0 fully saturated rings. The van der Waals surface area contributed by atoms with Crippen molar-refractivity contribution in [3.05, 3.63) is 69.9 Å². The first-order valence-corrected chi connectivity index (χ1v) is 9.34. The van der Waals surface area contributed by atoms with Crippen LogP contribution < -0.4 is 15.4 Å². The van der Waals surface area contributed by atoms with Crippen LogP contribution in [0.1, 0.15) is 24.1 Å².